The second kappa shape index (κ2) is 3.93. The Kier molecular flexibility index (Phi) is 2.81. The fourth-order valence-electron chi connectivity index (χ4n) is 1.17. The van der Waals surface area contributed by atoms with Gasteiger partial charge < -0.3 is 0 Å². The van der Waals surface area contributed by atoms with Crippen molar-refractivity contribution in [2.45, 2.75) is 0 Å². The summed E-state index contributed by atoms with van der Waals surface area (Å²) in [5.41, 5.74) is 1.57. The van der Waals surface area contributed by atoms with Gasteiger partial charge in [-0.1, -0.05) is 23.2 Å². The first-order valence-electron chi connectivity index (χ1n) is 3.83. The maximum absolute atomic E-state index is 6.11. The molecule has 72 valence electrons. The van der Waals surface area contributed by atoms with Gasteiger partial charge in [-0.2, -0.15) is 5.10 Å². The molecule has 0 saturated carbocycles. The lowest BCUT2D eigenvalue weighted by Crippen LogP contribution is -1.83. The Morgan fingerprint density at radius 2 is 2.00 bits per heavy atom. The van der Waals surface area contributed by atoms with Crippen LogP contribution in [0.2, 0.25) is 10.0 Å². The van der Waals surface area contributed by atoms with Gasteiger partial charge in [-0.05, 0) is 34.1 Å². The zero-order chi connectivity index (χ0) is 10.1. The highest BCUT2D eigenvalue weighted by atomic mass is 79.9. The second-order valence-electron chi connectivity index (χ2n) is 2.69. The molecule has 1 heterocycles. The lowest BCUT2D eigenvalue weighted by atomic mass is 10.1. The number of halogens is 3. The predicted octanol–water partition coefficient (Wildman–Crippen LogP) is 4.15. The molecular formula is C9H5BrCl2N2. The largest absolute Gasteiger partial charge is 0.278 e. The molecule has 0 spiro atoms. The average molecular weight is 292 g/mol. The molecule has 0 bridgehead atoms. The van der Waals surface area contributed by atoms with Crippen molar-refractivity contribution < 1.29 is 0 Å². The quantitative estimate of drug-likeness (QED) is 0.786. The third kappa shape index (κ3) is 1.67. The molecule has 0 amide bonds. The van der Waals surface area contributed by atoms with Crippen molar-refractivity contribution in [1.29, 1.82) is 0 Å². The van der Waals surface area contributed by atoms with E-state index < -0.39 is 0 Å². The lowest BCUT2D eigenvalue weighted by Gasteiger charge is -2.05. The van der Waals surface area contributed by atoms with Crippen LogP contribution in [0.1, 0.15) is 0 Å². The van der Waals surface area contributed by atoms with E-state index >= 15 is 0 Å². The summed E-state index contributed by atoms with van der Waals surface area (Å²) in [6, 6.07) is 5.41. The van der Waals surface area contributed by atoms with Crippen LogP contribution >= 0.6 is 39.1 Å². The standard InChI is InChI=1S/C9H5BrCl2N2/c10-5-1-2-6(11)8(9(5)12)7-3-4-13-14-7/h1-4H,(H,13,14). The van der Waals surface area contributed by atoms with Crippen molar-refractivity contribution in [3.8, 4) is 11.3 Å². The number of aromatic nitrogens is 2. The van der Waals surface area contributed by atoms with Gasteiger partial charge in [-0.15, -0.1) is 0 Å². The monoisotopic (exact) mass is 290 g/mol. The van der Waals surface area contributed by atoms with Gasteiger partial charge >= 0.3 is 0 Å². The molecule has 2 nitrogen and oxygen atoms in total. The first kappa shape index (κ1) is 10.0. The topological polar surface area (TPSA) is 28.7 Å². The molecule has 0 unspecified atom stereocenters. The summed E-state index contributed by atoms with van der Waals surface area (Å²) in [7, 11) is 0. The Labute approximate surface area is 99.4 Å². The fourth-order valence-corrected chi connectivity index (χ4v) is 2.07. The van der Waals surface area contributed by atoms with E-state index in [0.717, 1.165) is 15.7 Å². The highest BCUT2D eigenvalue weighted by molar-refractivity contribution is 9.10. The van der Waals surface area contributed by atoms with E-state index in [-0.39, 0.29) is 0 Å². The van der Waals surface area contributed by atoms with E-state index in [1.807, 2.05) is 12.1 Å². The van der Waals surface area contributed by atoms with Gasteiger partial charge in [0.1, 0.15) is 0 Å². The summed E-state index contributed by atoms with van der Waals surface area (Å²) in [5.74, 6) is 0. The van der Waals surface area contributed by atoms with Crippen molar-refractivity contribution in [3.05, 3.63) is 38.9 Å². The summed E-state index contributed by atoms with van der Waals surface area (Å²) in [6.07, 6.45) is 1.66. The highest BCUT2D eigenvalue weighted by Gasteiger charge is 2.11. The number of rotatable bonds is 1. The molecule has 0 atom stereocenters. The molecule has 0 aliphatic carbocycles. The molecule has 0 aliphatic heterocycles. The summed E-state index contributed by atoms with van der Waals surface area (Å²) in [4.78, 5) is 0. The van der Waals surface area contributed by atoms with Crippen LogP contribution in [-0.2, 0) is 0 Å². The minimum absolute atomic E-state index is 0.585. The van der Waals surface area contributed by atoms with Crippen LogP contribution < -0.4 is 0 Å². The van der Waals surface area contributed by atoms with Gasteiger partial charge in [-0.25, -0.2) is 0 Å². The predicted molar refractivity (Wildman–Crippen MR) is 61.7 cm³/mol. The maximum Gasteiger partial charge on any atom is 0.0680 e. The number of nitrogens with one attached hydrogen (secondary N) is 1. The first-order chi connectivity index (χ1) is 6.70. The van der Waals surface area contributed by atoms with Crippen LogP contribution in [0.4, 0.5) is 0 Å². The third-order valence-electron chi connectivity index (χ3n) is 1.81. The molecule has 0 aliphatic rings. The molecule has 1 aromatic carbocycles. The number of hydrogen-bond donors (Lipinski definition) is 1. The van der Waals surface area contributed by atoms with Gasteiger partial charge in [0.2, 0.25) is 0 Å². The van der Waals surface area contributed by atoms with Gasteiger partial charge in [0.05, 0.1) is 15.7 Å². The number of hydrogen-bond acceptors (Lipinski definition) is 1. The fraction of sp³-hybridized carbons (Fsp3) is 0. The van der Waals surface area contributed by atoms with Crippen LogP contribution in [0.5, 0.6) is 0 Å². The number of benzene rings is 1. The summed E-state index contributed by atoms with van der Waals surface area (Å²) < 4.78 is 0.813. The highest BCUT2D eigenvalue weighted by Crippen LogP contribution is 2.37. The minimum atomic E-state index is 0.585. The van der Waals surface area contributed by atoms with Crippen LogP contribution in [0.25, 0.3) is 11.3 Å². The summed E-state index contributed by atoms with van der Waals surface area (Å²) >= 11 is 15.5. The molecule has 2 rings (SSSR count). The van der Waals surface area contributed by atoms with Crippen LogP contribution in [0.3, 0.4) is 0 Å². The molecule has 1 N–H and O–H groups in total. The zero-order valence-corrected chi connectivity index (χ0v) is 9.99. The van der Waals surface area contributed by atoms with E-state index in [9.17, 15) is 0 Å². The van der Waals surface area contributed by atoms with Gasteiger partial charge in [0.25, 0.3) is 0 Å². The van der Waals surface area contributed by atoms with Crippen LogP contribution in [0, 0.1) is 0 Å². The Bertz CT molecular complexity index is 454. The van der Waals surface area contributed by atoms with Gasteiger partial charge in [0.15, 0.2) is 0 Å². The maximum atomic E-state index is 6.11. The molecule has 0 fully saturated rings. The van der Waals surface area contributed by atoms with Crippen molar-refractivity contribution in [2.75, 3.05) is 0 Å². The Morgan fingerprint density at radius 1 is 1.21 bits per heavy atom. The molecular weight excluding hydrogens is 287 g/mol. The Hall–Kier alpha value is -0.510. The van der Waals surface area contributed by atoms with Crippen molar-refractivity contribution in [2.24, 2.45) is 0 Å². The molecule has 1 aromatic heterocycles. The molecule has 0 saturated heterocycles. The van der Waals surface area contributed by atoms with Gasteiger partial charge in [-0.3, -0.25) is 5.10 Å². The average Bonchev–Trinajstić information content (AvgIpc) is 2.65. The van der Waals surface area contributed by atoms with E-state index in [2.05, 4.69) is 26.1 Å². The number of aromatic amines is 1. The lowest BCUT2D eigenvalue weighted by molar-refractivity contribution is 1.10. The number of nitrogens with zero attached hydrogens (tertiary/aromatic N) is 1. The SMILES string of the molecule is Clc1ccc(Br)c(Cl)c1-c1ccn[nH]1. The summed E-state index contributed by atoms with van der Waals surface area (Å²) in [6.45, 7) is 0. The van der Waals surface area contributed by atoms with Crippen molar-refractivity contribution in [3.63, 3.8) is 0 Å². The van der Waals surface area contributed by atoms with Gasteiger partial charge in [0, 0.05) is 16.2 Å². The van der Waals surface area contributed by atoms with Crippen molar-refractivity contribution >= 4 is 39.1 Å². The molecule has 14 heavy (non-hydrogen) atoms. The smallest absolute Gasteiger partial charge is 0.0680 e. The molecule has 0 radical (unpaired) electrons. The normalized spacial score (nSPS) is 10.5. The van der Waals surface area contributed by atoms with Crippen LogP contribution in [-0.4, -0.2) is 10.2 Å². The van der Waals surface area contributed by atoms with E-state index in [0.29, 0.717) is 10.0 Å². The third-order valence-corrected chi connectivity index (χ3v) is 3.41. The van der Waals surface area contributed by atoms with E-state index in [4.69, 9.17) is 23.2 Å². The Morgan fingerprint density at radius 3 is 2.64 bits per heavy atom. The Balaban J connectivity index is 2.69. The number of H-pyrrole nitrogens is 1. The van der Waals surface area contributed by atoms with Crippen LogP contribution in [0.15, 0.2) is 28.9 Å². The molecule has 2 aromatic rings. The minimum Gasteiger partial charge on any atom is -0.278 e. The van der Waals surface area contributed by atoms with E-state index in [1.165, 1.54) is 0 Å². The zero-order valence-electron chi connectivity index (χ0n) is 6.89. The van der Waals surface area contributed by atoms with E-state index in [1.54, 1.807) is 12.3 Å². The first-order valence-corrected chi connectivity index (χ1v) is 5.38. The van der Waals surface area contributed by atoms with Crippen molar-refractivity contribution in [1.82, 2.24) is 10.2 Å². The second-order valence-corrected chi connectivity index (χ2v) is 4.33. The molecule has 5 heteroatoms. The summed E-state index contributed by atoms with van der Waals surface area (Å²) in [5, 5.41) is 7.86.